The molecule has 0 saturated carbocycles. The third-order valence-corrected chi connectivity index (χ3v) is 6.97. The van der Waals surface area contributed by atoms with Gasteiger partial charge in [0.15, 0.2) is 11.6 Å². The summed E-state index contributed by atoms with van der Waals surface area (Å²) in [6.07, 6.45) is 7.60. The molecule has 1 aliphatic heterocycles. The molecule has 2 unspecified atom stereocenters. The van der Waals surface area contributed by atoms with E-state index in [4.69, 9.17) is 9.47 Å². The van der Waals surface area contributed by atoms with Gasteiger partial charge in [0.2, 0.25) is 5.82 Å². The molecule has 1 fully saturated rings. The van der Waals surface area contributed by atoms with Crippen LogP contribution in [0.4, 0.5) is 13.2 Å². The minimum atomic E-state index is -0.996. The summed E-state index contributed by atoms with van der Waals surface area (Å²) in [6.45, 7) is 5.17. The van der Waals surface area contributed by atoms with Crippen molar-refractivity contribution in [1.82, 2.24) is 0 Å². The van der Waals surface area contributed by atoms with Crippen LogP contribution in [0.1, 0.15) is 70.5 Å². The Balaban J connectivity index is 1.44. The van der Waals surface area contributed by atoms with Crippen LogP contribution < -0.4 is 4.74 Å². The summed E-state index contributed by atoms with van der Waals surface area (Å²) in [5.74, 6) is -1.75. The number of benzene rings is 3. The molecule has 2 atom stereocenters. The molecule has 1 aliphatic rings. The minimum Gasteiger partial charge on any atom is -0.490 e. The van der Waals surface area contributed by atoms with Crippen LogP contribution in [0.5, 0.6) is 5.75 Å². The highest BCUT2D eigenvalue weighted by molar-refractivity contribution is 5.71. The van der Waals surface area contributed by atoms with E-state index in [0.29, 0.717) is 35.6 Å². The van der Waals surface area contributed by atoms with Gasteiger partial charge >= 0.3 is 0 Å². The molecule has 0 N–H and O–H groups in total. The monoisotopic (exact) mass is 496 g/mol. The highest BCUT2D eigenvalue weighted by Crippen LogP contribution is 2.36. The first-order chi connectivity index (χ1) is 17.5. The summed E-state index contributed by atoms with van der Waals surface area (Å²) >= 11 is 0. The number of ether oxygens (including phenoxy) is 2. The van der Waals surface area contributed by atoms with Gasteiger partial charge in [-0.05, 0) is 66.5 Å². The van der Waals surface area contributed by atoms with Gasteiger partial charge in [-0.25, -0.2) is 8.78 Å². The lowest BCUT2D eigenvalue weighted by molar-refractivity contribution is -0.0200. The van der Waals surface area contributed by atoms with E-state index in [2.05, 4.69) is 6.92 Å². The molecular weight excluding hydrogens is 461 g/mol. The van der Waals surface area contributed by atoms with Crippen molar-refractivity contribution >= 4 is 0 Å². The normalized spacial score (nSPS) is 17.8. The number of rotatable bonds is 10. The van der Waals surface area contributed by atoms with Crippen LogP contribution in [0, 0.1) is 23.4 Å². The molecule has 3 aromatic carbocycles. The molecule has 4 rings (SSSR count). The summed E-state index contributed by atoms with van der Waals surface area (Å²) in [5.41, 5.74) is 2.66. The molecule has 0 aromatic heterocycles. The van der Waals surface area contributed by atoms with Gasteiger partial charge in [0, 0.05) is 11.1 Å². The molecule has 36 heavy (non-hydrogen) atoms. The van der Waals surface area contributed by atoms with Crippen molar-refractivity contribution in [3.63, 3.8) is 0 Å². The van der Waals surface area contributed by atoms with E-state index in [9.17, 15) is 8.78 Å². The van der Waals surface area contributed by atoms with Crippen LogP contribution in [0.2, 0.25) is 0 Å². The van der Waals surface area contributed by atoms with Crippen LogP contribution >= 0.6 is 0 Å². The van der Waals surface area contributed by atoms with E-state index < -0.39 is 11.6 Å². The van der Waals surface area contributed by atoms with Crippen LogP contribution in [-0.4, -0.2) is 13.2 Å². The second-order valence-corrected chi connectivity index (χ2v) is 9.67. The Morgan fingerprint density at radius 1 is 0.806 bits per heavy atom. The zero-order valence-corrected chi connectivity index (χ0v) is 21.2. The number of hydrogen-bond donors (Lipinski definition) is 0. The third kappa shape index (κ3) is 6.12. The minimum absolute atomic E-state index is 0.0690. The fourth-order valence-corrected chi connectivity index (χ4v) is 4.85. The molecule has 0 aliphatic carbocycles. The second kappa shape index (κ2) is 12.4. The SMILES string of the molecule is CCCCCC1CCC(c2ccc(-c3ccc(-c4ccc(OCCC)c(F)c4F)cc3)c(F)c2)OC1. The molecule has 192 valence electrons. The Morgan fingerprint density at radius 3 is 2.17 bits per heavy atom. The Hall–Kier alpha value is -2.79. The van der Waals surface area contributed by atoms with Gasteiger partial charge in [0.1, 0.15) is 5.82 Å². The van der Waals surface area contributed by atoms with Crippen molar-refractivity contribution in [2.24, 2.45) is 5.92 Å². The van der Waals surface area contributed by atoms with Crippen LogP contribution in [0.25, 0.3) is 22.3 Å². The molecular formula is C31H35F3O2. The second-order valence-electron chi connectivity index (χ2n) is 9.67. The Bertz CT molecular complexity index is 1140. The highest BCUT2D eigenvalue weighted by Gasteiger charge is 2.23. The number of halogens is 3. The molecule has 2 nitrogen and oxygen atoms in total. The quantitative estimate of drug-likeness (QED) is 0.260. The van der Waals surface area contributed by atoms with Gasteiger partial charge in [-0.2, -0.15) is 4.39 Å². The van der Waals surface area contributed by atoms with Crippen LogP contribution in [-0.2, 0) is 4.74 Å². The zero-order valence-electron chi connectivity index (χ0n) is 21.2. The first-order valence-electron chi connectivity index (χ1n) is 13.1. The molecule has 3 aromatic rings. The van der Waals surface area contributed by atoms with Gasteiger partial charge < -0.3 is 9.47 Å². The van der Waals surface area contributed by atoms with Crippen molar-refractivity contribution in [1.29, 1.82) is 0 Å². The van der Waals surface area contributed by atoms with Crippen LogP contribution in [0.3, 0.4) is 0 Å². The first kappa shape index (κ1) is 26.3. The smallest absolute Gasteiger partial charge is 0.201 e. The maximum absolute atomic E-state index is 15.1. The zero-order chi connectivity index (χ0) is 25.5. The molecule has 5 heteroatoms. The molecule has 1 saturated heterocycles. The lowest BCUT2D eigenvalue weighted by Gasteiger charge is -2.29. The first-order valence-corrected chi connectivity index (χ1v) is 13.1. The predicted octanol–water partition coefficient (Wildman–Crippen LogP) is 9.27. The number of hydrogen-bond acceptors (Lipinski definition) is 2. The molecule has 0 amide bonds. The topological polar surface area (TPSA) is 18.5 Å². The Morgan fingerprint density at radius 2 is 1.53 bits per heavy atom. The van der Waals surface area contributed by atoms with Gasteiger partial charge in [-0.3, -0.25) is 0 Å². The lowest BCUT2D eigenvalue weighted by atomic mass is 9.90. The molecule has 0 radical (unpaired) electrons. The largest absolute Gasteiger partial charge is 0.490 e. The summed E-state index contributed by atoms with van der Waals surface area (Å²) in [7, 11) is 0. The molecule has 0 spiro atoms. The van der Waals surface area contributed by atoms with Gasteiger partial charge in [0.25, 0.3) is 0 Å². The Kier molecular flexibility index (Phi) is 9.08. The fourth-order valence-electron chi connectivity index (χ4n) is 4.85. The maximum atomic E-state index is 15.1. The summed E-state index contributed by atoms with van der Waals surface area (Å²) in [4.78, 5) is 0. The number of unbranched alkanes of at least 4 members (excludes halogenated alkanes) is 2. The van der Waals surface area contributed by atoms with Crippen LogP contribution in [0.15, 0.2) is 54.6 Å². The van der Waals surface area contributed by atoms with E-state index in [1.54, 1.807) is 36.4 Å². The third-order valence-electron chi connectivity index (χ3n) is 6.97. The van der Waals surface area contributed by atoms with E-state index in [-0.39, 0.29) is 23.2 Å². The van der Waals surface area contributed by atoms with E-state index in [1.165, 1.54) is 37.8 Å². The van der Waals surface area contributed by atoms with Crippen molar-refractivity contribution in [3.8, 4) is 28.0 Å². The van der Waals surface area contributed by atoms with Crippen molar-refractivity contribution < 1.29 is 22.6 Å². The predicted molar refractivity (Wildman–Crippen MR) is 139 cm³/mol. The van der Waals surface area contributed by atoms with Crippen molar-refractivity contribution in [2.45, 2.75) is 64.9 Å². The van der Waals surface area contributed by atoms with E-state index in [0.717, 1.165) is 25.0 Å². The fraction of sp³-hybridized carbons (Fsp3) is 0.419. The average molecular weight is 497 g/mol. The average Bonchev–Trinajstić information content (AvgIpc) is 2.90. The standard InChI is InChI=1S/C31H35F3O2/c1-3-5-6-7-21-8-16-28(36-20-21)24-13-14-25(27(32)19-24)22-9-11-23(12-10-22)26-15-17-29(35-18-4-2)31(34)30(26)33/h9-15,17,19,21,28H,3-8,16,18,20H2,1-2H3. The Labute approximate surface area is 212 Å². The molecule has 1 heterocycles. The summed E-state index contributed by atoms with van der Waals surface area (Å²) < 4.78 is 55.5. The van der Waals surface area contributed by atoms with E-state index in [1.807, 2.05) is 13.0 Å². The summed E-state index contributed by atoms with van der Waals surface area (Å²) in [6, 6.07) is 15.0. The van der Waals surface area contributed by atoms with Gasteiger partial charge in [-0.15, -0.1) is 0 Å². The van der Waals surface area contributed by atoms with Gasteiger partial charge in [-0.1, -0.05) is 69.5 Å². The summed E-state index contributed by atoms with van der Waals surface area (Å²) in [5, 5.41) is 0. The van der Waals surface area contributed by atoms with Crippen molar-refractivity contribution in [2.75, 3.05) is 13.2 Å². The molecule has 0 bridgehead atoms. The lowest BCUT2D eigenvalue weighted by Crippen LogP contribution is -2.20. The van der Waals surface area contributed by atoms with E-state index >= 15 is 4.39 Å². The van der Waals surface area contributed by atoms with Crippen molar-refractivity contribution in [3.05, 3.63) is 77.6 Å². The highest BCUT2D eigenvalue weighted by atomic mass is 19.2. The van der Waals surface area contributed by atoms with Gasteiger partial charge in [0.05, 0.1) is 19.3 Å². The maximum Gasteiger partial charge on any atom is 0.201 e.